The van der Waals surface area contributed by atoms with Crippen LogP contribution < -0.4 is 4.74 Å². The highest BCUT2D eigenvalue weighted by molar-refractivity contribution is 5.87. The molecule has 0 atom stereocenters. The predicted molar refractivity (Wildman–Crippen MR) is 115 cm³/mol. The van der Waals surface area contributed by atoms with Crippen LogP contribution in [-0.4, -0.2) is 11.2 Å². The van der Waals surface area contributed by atoms with E-state index in [9.17, 15) is 35.1 Å². The van der Waals surface area contributed by atoms with E-state index in [1.807, 2.05) is 0 Å². The highest BCUT2D eigenvalue weighted by atomic mass is 19.4. The molecule has 0 saturated heterocycles. The van der Waals surface area contributed by atoms with Crippen molar-refractivity contribution in [2.75, 3.05) is 0 Å². The second-order valence-corrected chi connectivity index (χ2v) is 7.73. The highest BCUT2D eigenvalue weighted by Gasteiger charge is 2.24. The van der Waals surface area contributed by atoms with E-state index in [2.05, 4.69) is 4.98 Å². The summed E-state index contributed by atoms with van der Waals surface area (Å²) >= 11 is 0. The maximum absolute atomic E-state index is 14.6. The molecule has 0 saturated carbocycles. The third-order valence-electron chi connectivity index (χ3n) is 5.11. The van der Waals surface area contributed by atoms with Crippen LogP contribution in [0.25, 0.3) is 22.0 Å². The molecular formula is C26H13F8NO. The topological polar surface area (TPSA) is 22.1 Å². The van der Waals surface area contributed by atoms with E-state index in [0.29, 0.717) is 17.8 Å². The van der Waals surface area contributed by atoms with Crippen LogP contribution in [0.4, 0.5) is 35.1 Å². The zero-order chi connectivity index (χ0) is 26.2. The summed E-state index contributed by atoms with van der Waals surface area (Å²) in [6.07, 6.45) is -3.47. The van der Waals surface area contributed by atoms with Crippen molar-refractivity contribution in [1.82, 2.24) is 4.98 Å². The number of pyridine rings is 1. The molecule has 184 valence electrons. The van der Waals surface area contributed by atoms with Crippen LogP contribution in [0.5, 0.6) is 5.75 Å². The molecule has 1 aromatic heterocycles. The molecule has 36 heavy (non-hydrogen) atoms. The third kappa shape index (κ3) is 5.25. The number of fused-ring (bicyclic) bond motifs is 1. The molecule has 1 heterocycles. The minimum Gasteiger partial charge on any atom is -0.489 e. The second kappa shape index (κ2) is 9.49. The molecule has 0 N–H and O–H groups in total. The van der Waals surface area contributed by atoms with Crippen molar-refractivity contribution in [1.29, 1.82) is 0 Å². The third-order valence-corrected chi connectivity index (χ3v) is 5.11. The average Bonchev–Trinajstić information content (AvgIpc) is 2.77. The largest absolute Gasteiger partial charge is 0.489 e. The summed E-state index contributed by atoms with van der Waals surface area (Å²) in [5.41, 5.74) is -0.356. The summed E-state index contributed by atoms with van der Waals surface area (Å²) in [6, 6.07) is 7.64. The quantitative estimate of drug-likeness (QED) is 0.212. The van der Waals surface area contributed by atoms with Crippen molar-refractivity contribution in [3.8, 4) is 28.8 Å². The molecule has 0 unspecified atom stereocenters. The minimum absolute atomic E-state index is 0.181. The van der Waals surface area contributed by atoms with Gasteiger partial charge >= 0.3 is 6.18 Å². The Kier molecular flexibility index (Phi) is 6.59. The number of ether oxygens (including phenoxy) is 1. The van der Waals surface area contributed by atoms with Gasteiger partial charge in [0.1, 0.15) is 35.6 Å². The molecule has 0 spiro atoms. The average molecular weight is 507 g/mol. The van der Waals surface area contributed by atoms with Gasteiger partial charge in [-0.25, -0.2) is 22.0 Å². The standard InChI is InChI=1S/C26H13F8NO/c1-13-2-3-23(35-11-13)14-7-20(28)18(21(29)8-14)12-36-16-6-15-9-19(27)17(4-5-26(32,33)34)25(31)24(15)22(30)10-16/h2-3,6-11H,12H2,1H3. The zero-order valence-electron chi connectivity index (χ0n) is 18.2. The molecule has 0 aliphatic rings. The number of rotatable bonds is 4. The van der Waals surface area contributed by atoms with Crippen LogP contribution in [-0.2, 0) is 6.61 Å². The summed E-state index contributed by atoms with van der Waals surface area (Å²) in [6.45, 7) is 1.11. The van der Waals surface area contributed by atoms with Crippen molar-refractivity contribution in [2.45, 2.75) is 19.7 Å². The van der Waals surface area contributed by atoms with Gasteiger partial charge in [-0.2, -0.15) is 13.2 Å². The lowest BCUT2D eigenvalue weighted by Gasteiger charge is -2.12. The maximum atomic E-state index is 14.6. The molecule has 0 fully saturated rings. The number of benzene rings is 3. The number of aromatic nitrogens is 1. The molecule has 0 aliphatic carbocycles. The summed E-state index contributed by atoms with van der Waals surface area (Å²) in [5, 5.41) is -1.21. The normalized spacial score (nSPS) is 11.4. The summed E-state index contributed by atoms with van der Waals surface area (Å²) in [4.78, 5) is 4.10. The van der Waals surface area contributed by atoms with Gasteiger partial charge in [0, 0.05) is 23.7 Å². The summed E-state index contributed by atoms with van der Waals surface area (Å²) in [7, 11) is 0. The van der Waals surface area contributed by atoms with Crippen molar-refractivity contribution in [3.05, 3.63) is 94.4 Å². The SMILES string of the molecule is Cc1ccc(-c2cc(F)c(COc3cc(F)c4c(F)c(C#CC(F)(F)F)c(F)cc4c3)c(F)c2)nc1. The molecule has 0 aliphatic heterocycles. The van der Waals surface area contributed by atoms with Gasteiger partial charge in [0.15, 0.2) is 5.82 Å². The van der Waals surface area contributed by atoms with E-state index >= 15 is 0 Å². The molecule has 0 bridgehead atoms. The fourth-order valence-electron chi connectivity index (χ4n) is 3.40. The first-order valence-corrected chi connectivity index (χ1v) is 10.2. The van der Waals surface area contributed by atoms with E-state index in [4.69, 9.17) is 4.74 Å². The zero-order valence-corrected chi connectivity index (χ0v) is 18.2. The predicted octanol–water partition coefficient (Wildman–Crippen LogP) is 7.40. The van der Waals surface area contributed by atoms with Gasteiger partial charge in [-0.3, -0.25) is 4.98 Å². The first-order valence-electron chi connectivity index (χ1n) is 10.2. The van der Waals surface area contributed by atoms with Gasteiger partial charge in [-0.1, -0.05) is 12.0 Å². The Morgan fingerprint density at radius 2 is 1.56 bits per heavy atom. The van der Waals surface area contributed by atoms with Crippen LogP contribution >= 0.6 is 0 Å². The maximum Gasteiger partial charge on any atom is 0.458 e. The van der Waals surface area contributed by atoms with Gasteiger partial charge in [-0.15, -0.1) is 0 Å². The van der Waals surface area contributed by atoms with E-state index in [-0.39, 0.29) is 16.7 Å². The Morgan fingerprint density at radius 3 is 2.17 bits per heavy atom. The van der Waals surface area contributed by atoms with Gasteiger partial charge in [0.25, 0.3) is 0 Å². The Labute approximate surface area is 199 Å². The molecular weight excluding hydrogens is 494 g/mol. The molecule has 0 amide bonds. The van der Waals surface area contributed by atoms with Gasteiger partial charge in [-0.05, 0) is 48.2 Å². The van der Waals surface area contributed by atoms with E-state index in [1.54, 1.807) is 19.1 Å². The number of aryl methyl sites for hydroxylation is 1. The number of hydrogen-bond acceptors (Lipinski definition) is 2. The summed E-state index contributed by atoms with van der Waals surface area (Å²) < 4.78 is 115. The van der Waals surface area contributed by atoms with Crippen molar-refractivity contribution in [3.63, 3.8) is 0 Å². The molecule has 2 nitrogen and oxygen atoms in total. The van der Waals surface area contributed by atoms with E-state index < -0.39 is 58.4 Å². The molecule has 0 radical (unpaired) electrons. The fraction of sp³-hybridized carbons (Fsp3) is 0.115. The Morgan fingerprint density at radius 1 is 0.861 bits per heavy atom. The lowest BCUT2D eigenvalue weighted by atomic mass is 10.0. The van der Waals surface area contributed by atoms with E-state index in [0.717, 1.165) is 29.7 Å². The molecule has 4 aromatic rings. The fourth-order valence-corrected chi connectivity index (χ4v) is 3.40. The van der Waals surface area contributed by atoms with Crippen LogP contribution in [0, 0.1) is 47.9 Å². The number of halogens is 8. The first-order chi connectivity index (χ1) is 16.9. The van der Waals surface area contributed by atoms with Crippen LogP contribution in [0.15, 0.2) is 48.7 Å². The lowest BCUT2D eigenvalue weighted by molar-refractivity contribution is -0.0696. The highest BCUT2D eigenvalue weighted by Crippen LogP contribution is 2.31. The van der Waals surface area contributed by atoms with Crippen molar-refractivity contribution >= 4 is 10.8 Å². The number of hydrogen-bond donors (Lipinski definition) is 0. The van der Waals surface area contributed by atoms with Gasteiger partial charge < -0.3 is 4.74 Å². The van der Waals surface area contributed by atoms with Crippen molar-refractivity contribution < 1.29 is 39.9 Å². The Bertz CT molecular complexity index is 1510. The molecule has 4 rings (SSSR count). The number of alkyl halides is 3. The van der Waals surface area contributed by atoms with E-state index in [1.165, 1.54) is 12.1 Å². The molecule has 3 aromatic carbocycles. The monoisotopic (exact) mass is 507 g/mol. The summed E-state index contributed by atoms with van der Waals surface area (Å²) in [5.74, 6) is -4.56. The minimum atomic E-state index is -5.01. The van der Waals surface area contributed by atoms with Gasteiger partial charge in [0.05, 0.1) is 22.2 Å². The van der Waals surface area contributed by atoms with Crippen LogP contribution in [0.1, 0.15) is 16.7 Å². The first kappa shape index (κ1) is 25.0. The Balaban J connectivity index is 1.63. The van der Waals surface area contributed by atoms with Crippen LogP contribution in [0.2, 0.25) is 0 Å². The smallest absolute Gasteiger partial charge is 0.458 e. The van der Waals surface area contributed by atoms with Crippen LogP contribution in [0.3, 0.4) is 0 Å². The Hall–Kier alpha value is -4.13. The molecule has 10 heteroatoms. The second-order valence-electron chi connectivity index (χ2n) is 7.73. The van der Waals surface area contributed by atoms with Gasteiger partial charge in [0.2, 0.25) is 0 Å². The van der Waals surface area contributed by atoms with Crippen molar-refractivity contribution in [2.24, 2.45) is 0 Å². The number of nitrogens with zero attached hydrogens (tertiary/aromatic N) is 1. The lowest BCUT2D eigenvalue weighted by Crippen LogP contribution is -2.04.